The largest absolute Gasteiger partial charge is 0.491 e. The fourth-order valence-corrected chi connectivity index (χ4v) is 1.79. The van der Waals surface area contributed by atoms with Gasteiger partial charge >= 0.3 is 0 Å². The third-order valence-corrected chi connectivity index (χ3v) is 2.79. The third kappa shape index (κ3) is 6.78. The molecule has 5 heteroatoms. The van der Waals surface area contributed by atoms with Crippen LogP contribution in [0.3, 0.4) is 0 Å². The molecule has 1 unspecified atom stereocenters. The minimum Gasteiger partial charge on any atom is -0.491 e. The molecule has 1 rings (SSSR count). The molecule has 0 heterocycles. The summed E-state index contributed by atoms with van der Waals surface area (Å²) in [5.74, 6) is 0.655. The monoisotopic (exact) mass is 287 g/mol. The van der Waals surface area contributed by atoms with Gasteiger partial charge in [0, 0.05) is 24.2 Å². The number of rotatable bonds is 8. The number of methoxy groups -OCH3 is 1. The molecule has 0 fully saturated rings. The number of hydrogen-bond donors (Lipinski definition) is 2. The van der Waals surface area contributed by atoms with Gasteiger partial charge in [0.1, 0.15) is 18.5 Å². The first-order valence-electron chi connectivity index (χ1n) is 6.23. The maximum atomic E-state index is 9.85. The van der Waals surface area contributed by atoms with Crippen LogP contribution >= 0.6 is 11.6 Å². The second-order valence-electron chi connectivity index (χ2n) is 5.12. The van der Waals surface area contributed by atoms with Crippen LogP contribution in [-0.2, 0) is 4.74 Å². The van der Waals surface area contributed by atoms with Crippen molar-refractivity contribution in [3.8, 4) is 5.75 Å². The van der Waals surface area contributed by atoms with Gasteiger partial charge in [0.15, 0.2) is 0 Å². The van der Waals surface area contributed by atoms with E-state index in [2.05, 4.69) is 5.32 Å². The van der Waals surface area contributed by atoms with E-state index in [0.29, 0.717) is 23.9 Å². The van der Waals surface area contributed by atoms with Crippen molar-refractivity contribution in [1.29, 1.82) is 0 Å². The Morgan fingerprint density at radius 3 is 2.79 bits per heavy atom. The van der Waals surface area contributed by atoms with E-state index in [-0.39, 0.29) is 12.1 Å². The number of halogens is 1. The second kappa shape index (κ2) is 7.70. The molecule has 0 amide bonds. The average Bonchev–Trinajstić information content (AvgIpc) is 2.34. The lowest BCUT2D eigenvalue weighted by atomic mass is 10.1. The van der Waals surface area contributed by atoms with Crippen LogP contribution < -0.4 is 10.1 Å². The summed E-state index contributed by atoms with van der Waals surface area (Å²) in [5, 5.41) is 13.7. The highest BCUT2D eigenvalue weighted by Crippen LogP contribution is 2.17. The van der Waals surface area contributed by atoms with Gasteiger partial charge in [-0.15, -0.1) is 0 Å². The van der Waals surface area contributed by atoms with Crippen molar-refractivity contribution in [3.63, 3.8) is 0 Å². The van der Waals surface area contributed by atoms with E-state index in [4.69, 9.17) is 21.1 Å². The van der Waals surface area contributed by atoms with Crippen LogP contribution in [0.25, 0.3) is 0 Å². The van der Waals surface area contributed by atoms with E-state index in [9.17, 15) is 5.11 Å². The maximum Gasteiger partial charge on any atom is 0.120 e. The van der Waals surface area contributed by atoms with Gasteiger partial charge < -0.3 is 19.9 Å². The number of hydrogen-bond acceptors (Lipinski definition) is 4. The zero-order valence-corrected chi connectivity index (χ0v) is 12.4. The zero-order valence-electron chi connectivity index (χ0n) is 11.6. The Labute approximate surface area is 119 Å². The first-order valence-corrected chi connectivity index (χ1v) is 6.61. The van der Waals surface area contributed by atoms with Gasteiger partial charge in [-0.05, 0) is 32.0 Å². The van der Waals surface area contributed by atoms with Gasteiger partial charge in [0.25, 0.3) is 0 Å². The summed E-state index contributed by atoms with van der Waals surface area (Å²) in [6, 6.07) is 7.11. The number of aliphatic hydroxyl groups excluding tert-OH is 1. The Bertz CT molecular complexity index is 385. The molecule has 0 bridgehead atoms. The Balaban J connectivity index is 2.30. The first-order chi connectivity index (χ1) is 8.93. The van der Waals surface area contributed by atoms with Crippen LogP contribution in [0.15, 0.2) is 24.3 Å². The van der Waals surface area contributed by atoms with E-state index in [1.807, 2.05) is 19.9 Å². The Kier molecular flexibility index (Phi) is 6.58. The summed E-state index contributed by atoms with van der Waals surface area (Å²) < 4.78 is 10.6. The summed E-state index contributed by atoms with van der Waals surface area (Å²) in [6.45, 7) is 5.27. The van der Waals surface area contributed by atoms with Gasteiger partial charge in [-0.25, -0.2) is 0 Å². The fraction of sp³-hybridized carbons (Fsp3) is 0.571. The molecule has 1 atom stereocenters. The van der Waals surface area contributed by atoms with Crippen molar-refractivity contribution in [2.45, 2.75) is 25.5 Å². The van der Waals surface area contributed by atoms with Crippen LogP contribution in [0.2, 0.25) is 5.02 Å². The molecule has 0 saturated carbocycles. The lowest BCUT2D eigenvalue weighted by Crippen LogP contribution is -2.47. The molecule has 19 heavy (non-hydrogen) atoms. The van der Waals surface area contributed by atoms with E-state index in [0.717, 1.165) is 0 Å². The van der Waals surface area contributed by atoms with Gasteiger partial charge in [-0.3, -0.25) is 0 Å². The van der Waals surface area contributed by atoms with Crippen LogP contribution in [0, 0.1) is 0 Å². The van der Waals surface area contributed by atoms with Crippen LogP contribution in [-0.4, -0.2) is 43.6 Å². The summed E-state index contributed by atoms with van der Waals surface area (Å²) >= 11 is 5.85. The fourth-order valence-electron chi connectivity index (χ4n) is 1.61. The van der Waals surface area contributed by atoms with Crippen molar-refractivity contribution in [1.82, 2.24) is 5.32 Å². The predicted octanol–water partition coefficient (Wildman–Crippen LogP) is 2.09. The lowest BCUT2D eigenvalue weighted by molar-refractivity contribution is 0.0813. The van der Waals surface area contributed by atoms with Crippen molar-refractivity contribution in [2.24, 2.45) is 0 Å². The zero-order chi connectivity index (χ0) is 14.3. The molecule has 2 N–H and O–H groups in total. The number of ether oxygens (including phenoxy) is 2. The smallest absolute Gasteiger partial charge is 0.120 e. The minimum absolute atomic E-state index is 0.175. The Hall–Kier alpha value is -0.810. The molecule has 0 aliphatic heterocycles. The summed E-state index contributed by atoms with van der Waals surface area (Å²) in [7, 11) is 1.65. The summed E-state index contributed by atoms with van der Waals surface area (Å²) in [5.41, 5.74) is -0.175. The first kappa shape index (κ1) is 16.2. The normalized spacial score (nSPS) is 13.3. The molecule has 108 valence electrons. The van der Waals surface area contributed by atoms with Crippen LogP contribution in [0.5, 0.6) is 5.75 Å². The molecule has 0 aliphatic carbocycles. The van der Waals surface area contributed by atoms with Crippen molar-refractivity contribution < 1.29 is 14.6 Å². The number of nitrogens with one attached hydrogen (secondary N) is 1. The van der Waals surface area contributed by atoms with Gasteiger partial charge in [-0.2, -0.15) is 0 Å². The minimum atomic E-state index is -0.588. The molecule has 0 aliphatic rings. The van der Waals surface area contributed by atoms with Crippen LogP contribution in [0.1, 0.15) is 13.8 Å². The number of aliphatic hydroxyl groups is 1. The Morgan fingerprint density at radius 1 is 1.42 bits per heavy atom. The molecule has 0 radical (unpaired) electrons. The average molecular weight is 288 g/mol. The van der Waals surface area contributed by atoms with Gasteiger partial charge in [0.05, 0.1) is 6.61 Å². The summed E-state index contributed by atoms with van der Waals surface area (Å²) in [4.78, 5) is 0. The highest BCUT2D eigenvalue weighted by Gasteiger charge is 2.18. The SMILES string of the molecule is COCC(C)(C)NCC(O)COc1cccc(Cl)c1. The van der Waals surface area contributed by atoms with Gasteiger partial charge in [0.2, 0.25) is 0 Å². The number of β-amino-alcohol motifs (C(OH)–C–C–N with tert-alkyl or cyclic N) is 1. The van der Waals surface area contributed by atoms with Crippen molar-refractivity contribution in [3.05, 3.63) is 29.3 Å². The van der Waals surface area contributed by atoms with E-state index in [1.165, 1.54) is 0 Å². The molecule has 1 aromatic rings. The quantitative estimate of drug-likeness (QED) is 0.769. The Morgan fingerprint density at radius 2 is 2.16 bits per heavy atom. The highest BCUT2D eigenvalue weighted by molar-refractivity contribution is 6.30. The molecule has 4 nitrogen and oxygen atoms in total. The van der Waals surface area contributed by atoms with E-state index < -0.39 is 6.10 Å². The molecule has 0 spiro atoms. The standard InChI is InChI=1S/C14H22ClNO3/c1-14(2,10-18-3)16-8-12(17)9-19-13-6-4-5-11(15)7-13/h4-7,12,16-17H,8-10H2,1-3H3. The topological polar surface area (TPSA) is 50.7 Å². The van der Waals surface area contributed by atoms with Crippen molar-refractivity contribution >= 4 is 11.6 Å². The molecule has 0 saturated heterocycles. The van der Waals surface area contributed by atoms with Crippen molar-refractivity contribution in [2.75, 3.05) is 26.9 Å². The second-order valence-corrected chi connectivity index (χ2v) is 5.56. The molecule has 1 aromatic carbocycles. The maximum absolute atomic E-state index is 9.85. The molecular weight excluding hydrogens is 266 g/mol. The van der Waals surface area contributed by atoms with E-state index in [1.54, 1.807) is 25.3 Å². The molecular formula is C14H22ClNO3. The van der Waals surface area contributed by atoms with Gasteiger partial charge in [-0.1, -0.05) is 17.7 Å². The lowest BCUT2D eigenvalue weighted by Gasteiger charge is -2.26. The summed E-state index contributed by atoms with van der Waals surface area (Å²) in [6.07, 6.45) is -0.588. The van der Waals surface area contributed by atoms with E-state index >= 15 is 0 Å². The van der Waals surface area contributed by atoms with Crippen LogP contribution in [0.4, 0.5) is 0 Å². The highest BCUT2D eigenvalue weighted by atomic mass is 35.5. The predicted molar refractivity (Wildman–Crippen MR) is 76.9 cm³/mol. The third-order valence-electron chi connectivity index (χ3n) is 2.56. The number of benzene rings is 1. The molecule has 0 aromatic heterocycles.